The van der Waals surface area contributed by atoms with Gasteiger partial charge in [0.05, 0.1) is 12.2 Å². The molecule has 6 heteroatoms. The van der Waals surface area contributed by atoms with Gasteiger partial charge in [-0.15, -0.1) is 5.10 Å². The molecule has 1 saturated heterocycles. The van der Waals surface area contributed by atoms with Gasteiger partial charge in [0, 0.05) is 18.7 Å². The van der Waals surface area contributed by atoms with Crippen molar-refractivity contribution in [3.05, 3.63) is 46.8 Å². The number of aryl methyl sites for hydroxylation is 2. The Morgan fingerprint density at radius 1 is 1.24 bits per heavy atom. The van der Waals surface area contributed by atoms with E-state index in [-0.39, 0.29) is 11.9 Å². The lowest BCUT2D eigenvalue weighted by Gasteiger charge is -2.32. The first-order valence-corrected chi connectivity index (χ1v) is 8.77. The van der Waals surface area contributed by atoms with Gasteiger partial charge in [-0.2, -0.15) is 0 Å². The summed E-state index contributed by atoms with van der Waals surface area (Å²) in [5.74, 6) is 0.107. The van der Waals surface area contributed by atoms with Crippen molar-refractivity contribution >= 4 is 5.91 Å². The minimum absolute atomic E-state index is 0.107. The van der Waals surface area contributed by atoms with E-state index in [0.717, 1.165) is 29.5 Å². The molecule has 0 bridgehead atoms. The molecule has 0 unspecified atom stereocenters. The number of aliphatic hydroxyl groups is 1. The molecule has 1 aromatic carbocycles. The highest BCUT2D eigenvalue weighted by atomic mass is 16.3. The van der Waals surface area contributed by atoms with Gasteiger partial charge in [0.1, 0.15) is 11.3 Å². The fourth-order valence-electron chi connectivity index (χ4n) is 3.21. The number of aromatic nitrogens is 3. The Hall–Kier alpha value is -2.21. The van der Waals surface area contributed by atoms with Crippen molar-refractivity contribution in [1.82, 2.24) is 19.9 Å². The van der Waals surface area contributed by atoms with Gasteiger partial charge >= 0.3 is 0 Å². The first-order valence-electron chi connectivity index (χ1n) is 8.77. The normalized spacial score (nSPS) is 16.3. The van der Waals surface area contributed by atoms with E-state index in [4.69, 9.17) is 0 Å². The Balaban J connectivity index is 1.66. The molecule has 134 valence electrons. The lowest BCUT2D eigenvalue weighted by Crippen LogP contribution is -2.39. The zero-order valence-electron chi connectivity index (χ0n) is 15.4. The third kappa shape index (κ3) is 3.74. The molecule has 1 N–H and O–H groups in total. The lowest BCUT2D eigenvalue weighted by molar-refractivity contribution is 0.0688. The van der Waals surface area contributed by atoms with Crippen LogP contribution in [0.4, 0.5) is 0 Å². The monoisotopic (exact) mass is 342 g/mol. The molecular formula is C19H26N4O2. The fourth-order valence-corrected chi connectivity index (χ4v) is 3.21. The third-order valence-corrected chi connectivity index (χ3v) is 4.89. The molecule has 1 aliphatic heterocycles. The van der Waals surface area contributed by atoms with Gasteiger partial charge in [-0.3, -0.25) is 4.79 Å². The van der Waals surface area contributed by atoms with E-state index < -0.39 is 5.60 Å². The molecule has 0 saturated carbocycles. The Morgan fingerprint density at radius 3 is 2.52 bits per heavy atom. The van der Waals surface area contributed by atoms with E-state index >= 15 is 0 Å². The maximum atomic E-state index is 12.8. The Morgan fingerprint density at radius 2 is 1.92 bits per heavy atom. The molecule has 1 amide bonds. The highest BCUT2D eigenvalue weighted by molar-refractivity contribution is 5.95. The number of nitrogens with zero attached hydrogens (tertiary/aromatic N) is 4. The van der Waals surface area contributed by atoms with Crippen LogP contribution in [0.15, 0.2) is 24.4 Å². The Kier molecular flexibility index (Phi) is 4.64. The van der Waals surface area contributed by atoms with Crippen LogP contribution in [-0.2, 0) is 5.60 Å². The van der Waals surface area contributed by atoms with Crippen molar-refractivity contribution in [3.8, 4) is 0 Å². The molecule has 6 nitrogen and oxygen atoms in total. The van der Waals surface area contributed by atoms with Crippen molar-refractivity contribution in [2.45, 2.75) is 52.2 Å². The number of carbonyl (C=O) groups excluding carboxylic acids is 1. The van der Waals surface area contributed by atoms with Crippen molar-refractivity contribution in [2.75, 3.05) is 13.1 Å². The van der Waals surface area contributed by atoms with E-state index in [0.29, 0.717) is 18.8 Å². The molecular weight excluding hydrogens is 316 g/mol. The Bertz CT molecular complexity index is 768. The summed E-state index contributed by atoms with van der Waals surface area (Å²) >= 11 is 0. The molecule has 3 rings (SSSR count). The third-order valence-electron chi connectivity index (χ3n) is 4.89. The van der Waals surface area contributed by atoms with Gasteiger partial charge in [0.15, 0.2) is 0 Å². The van der Waals surface area contributed by atoms with E-state index in [9.17, 15) is 9.90 Å². The zero-order valence-corrected chi connectivity index (χ0v) is 15.4. The maximum Gasteiger partial charge on any atom is 0.254 e. The molecule has 1 aliphatic rings. The molecule has 1 fully saturated rings. The van der Waals surface area contributed by atoms with Crippen LogP contribution in [0.5, 0.6) is 0 Å². The van der Waals surface area contributed by atoms with E-state index in [2.05, 4.69) is 10.3 Å². The minimum Gasteiger partial charge on any atom is -0.384 e. The molecule has 0 atom stereocenters. The number of rotatable bonds is 3. The predicted octanol–water partition coefficient (Wildman–Crippen LogP) is 2.60. The molecule has 2 heterocycles. The van der Waals surface area contributed by atoms with Crippen molar-refractivity contribution < 1.29 is 9.90 Å². The van der Waals surface area contributed by atoms with E-state index in [1.54, 1.807) is 13.8 Å². The van der Waals surface area contributed by atoms with E-state index in [1.165, 1.54) is 0 Å². The number of carbonyl (C=O) groups is 1. The van der Waals surface area contributed by atoms with Crippen LogP contribution in [0.1, 0.15) is 59.9 Å². The van der Waals surface area contributed by atoms with Gasteiger partial charge in [0.2, 0.25) is 0 Å². The average Bonchev–Trinajstić information content (AvgIpc) is 3.07. The zero-order chi connectivity index (χ0) is 18.2. The molecule has 2 aromatic rings. The summed E-state index contributed by atoms with van der Waals surface area (Å²) in [5, 5.41) is 18.3. The summed E-state index contributed by atoms with van der Waals surface area (Å²) in [4.78, 5) is 14.7. The average molecular weight is 342 g/mol. The van der Waals surface area contributed by atoms with Gasteiger partial charge in [-0.25, -0.2) is 4.68 Å². The Labute approximate surface area is 148 Å². The summed E-state index contributed by atoms with van der Waals surface area (Å²) in [6.07, 6.45) is 3.49. The summed E-state index contributed by atoms with van der Waals surface area (Å²) in [6, 6.07) is 6.22. The molecule has 0 radical (unpaired) electrons. The predicted molar refractivity (Wildman–Crippen MR) is 95.4 cm³/mol. The maximum absolute atomic E-state index is 12.8. The number of hydrogen-bond acceptors (Lipinski definition) is 4. The van der Waals surface area contributed by atoms with Crippen LogP contribution in [0.2, 0.25) is 0 Å². The van der Waals surface area contributed by atoms with Crippen LogP contribution >= 0.6 is 0 Å². The fraction of sp³-hybridized carbons (Fsp3) is 0.526. The first kappa shape index (κ1) is 17.6. The topological polar surface area (TPSA) is 71.2 Å². The van der Waals surface area contributed by atoms with Gasteiger partial charge < -0.3 is 10.0 Å². The standard InChI is InChI=1S/C19H26N4O2/c1-13-5-6-14(2)16(11-13)18(24)22-9-7-15(8-10-22)23-12-17(20-21-23)19(3,4)25/h5-6,11-12,15,25H,7-10H2,1-4H3. The quantitative estimate of drug-likeness (QED) is 0.931. The van der Waals surface area contributed by atoms with Gasteiger partial charge in [0.25, 0.3) is 5.91 Å². The van der Waals surface area contributed by atoms with Crippen molar-refractivity contribution in [1.29, 1.82) is 0 Å². The smallest absolute Gasteiger partial charge is 0.254 e. The number of benzene rings is 1. The minimum atomic E-state index is -0.988. The van der Waals surface area contributed by atoms with Crippen molar-refractivity contribution in [3.63, 3.8) is 0 Å². The van der Waals surface area contributed by atoms with Crippen LogP contribution < -0.4 is 0 Å². The van der Waals surface area contributed by atoms with Gasteiger partial charge in [-0.05, 0) is 52.2 Å². The molecule has 0 aliphatic carbocycles. The summed E-state index contributed by atoms with van der Waals surface area (Å²) < 4.78 is 1.83. The SMILES string of the molecule is Cc1ccc(C)c(C(=O)N2CCC(n3cc(C(C)(C)O)nn3)CC2)c1. The van der Waals surface area contributed by atoms with Crippen LogP contribution in [0.25, 0.3) is 0 Å². The highest BCUT2D eigenvalue weighted by Gasteiger charge is 2.27. The number of likely N-dealkylation sites (tertiary alicyclic amines) is 1. The lowest BCUT2D eigenvalue weighted by atomic mass is 10.0. The second-order valence-corrected chi connectivity index (χ2v) is 7.48. The summed E-state index contributed by atoms with van der Waals surface area (Å²) in [5.41, 5.74) is 2.50. The summed E-state index contributed by atoms with van der Waals surface area (Å²) in [7, 11) is 0. The number of piperidine rings is 1. The van der Waals surface area contributed by atoms with Crippen LogP contribution in [0.3, 0.4) is 0 Å². The van der Waals surface area contributed by atoms with Crippen LogP contribution in [0, 0.1) is 13.8 Å². The molecule has 0 spiro atoms. The molecule has 1 aromatic heterocycles. The highest BCUT2D eigenvalue weighted by Crippen LogP contribution is 2.25. The van der Waals surface area contributed by atoms with E-state index in [1.807, 2.05) is 47.8 Å². The number of hydrogen-bond donors (Lipinski definition) is 1. The number of amides is 1. The molecule has 25 heavy (non-hydrogen) atoms. The first-order chi connectivity index (χ1) is 11.8. The summed E-state index contributed by atoms with van der Waals surface area (Å²) in [6.45, 7) is 8.79. The largest absolute Gasteiger partial charge is 0.384 e. The van der Waals surface area contributed by atoms with Gasteiger partial charge in [-0.1, -0.05) is 22.9 Å². The second kappa shape index (κ2) is 6.59. The van der Waals surface area contributed by atoms with Crippen LogP contribution in [-0.4, -0.2) is 44.0 Å². The second-order valence-electron chi connectivity index (χ2n) is 7.48. The van der Waals surface area contributed by atoms with Crippen molar-refractivity contribution in [2.24, 2.45) is 0 Å².